The SMILES string of the molecule is C=C(NNC(CC)C(C)(C)C)c1ccc2c(c1CC)OCCO2. The first-order chi connectivity index (χ1) is 10.9. The smallest absolute Gasteiger partial charge is 0.165 e. The van der Waals surface area contributed by atoms with Crippen LogP contribution in [-0.2, 0) is 6.42 Å². The molecule has 0 bridgehead atoms. The highest BCUT2D eigenvalue weighted by molar-refractivity contribution is 5.69. The minimum Gasteiger partial charge on any atom is -0.486 e. The lowest BCUT2D eigenvalue weighted by molar-refractivity contribution is 0.170. The number of ether oxygens (including phenoxy) is 2. The van der Waals surface area contributed by atoms with Crippen molar-refractivity contribution in [2.45, 2.75) is 53.5 Å². The molecule has 0 saturated heterocycles. The van der Waals surface area contributed by atoms with E-state index in [9.17, 15) is 0 Å². The molecule has 1 unspecified atom stereocenters. The van der Waals surface area contributed by atoms with Crippen LogP contribution in [0, 0.1) is 5.41 Å². The minimum absolute atomic E-state index is 0.183. The zero-order valence-corrected chi connectivity index (χ0v) is 15.1. The van der Waals surface area contributed by atoms with E-state index in [0.29, 0.717) is 19.3 Å². The van der Waals surface area contributed by atoms with Gasteiger partial charge in [0.25, 0.3) is 0 Å². The normalized spacial score (nSPS) is 15.2. The topological polar surface area (TPSA) is 42.5 Å². The van der Waals surface area contributed by atoms with Crippen LogP contribution in [0.5, 0.6) is 11.5 Å². The molecule has 0 spiro atoms. The Morgan fingerprint density at radius 3 is 2.52 bits per heavy atom. The Morgan fingerprint density at radius 2 is 1.91 bits per heavy atom. The maximum Gasteiger partial charge on any atom is 0.165 e. The standard InChI is InChI=1S/C19H30N2O2/c1-7-14-15(9-10-16-18(14)23-12-11-22-16)13(3)20-21-17(8-2)19(4,5)6/h9-10,17,20-21H,3,7-8,11-12H2,1-2,4-6H3. The highest BCUT2D eigenvalue weighted by atomic mass is 16.6. The van der Waals surface area contributed by atoms with E-state index in [0.717, 1.165) is 41.2 Å². The number of nitrogens with one attached hydrogen (secondary N) is 2. The first-order valence-electron chi connectivity index (χ1n) is 8.50. The maximum atomic E-state index is 5.82. The second-order valence-electron chi connectivity index (χ2n) is 7.04. The van der Waals surface area contributed by atoms with E-state index in [1.54, 1.807) is 0 Å². The van der Waals surface area contributed by atoms with Gasteiger partial charge in [-0.1, -0.05) is 41.2 Å². The van der Waals surface area contributed by atoms with Gasteiger partial charge < -0.3 is 14.9 Å². The fourth-order valence-electron chi connectivity index (χ4n) is 2.98. The number of rotatable bonds is 6. The largest absolute Gasteiger partial charge is 0.486 e. The molecule has 4 nitrogen and oxygen atoms in total. The van der Waals surface area contributed by atoms with E-state index in [2.05, 4.69) is 58.1 Å². The second-order valence-corrected chi connectivity index (χ2v) is 7.04. The van der Waals surface area contributed by atoms with Crippen LogP contribution in [-0.4, -0.2) is 19.3 Å². The zero-order valence-electron chi connectivity index (χ0n) is 15.1. The van der Waals surface area contributed by atoms with Crippen molar-refractivity contribution in [2.24, 2.45) is 5.41 Å². The molecule has 2 N–H and O–H groups in total. The highest BCUT2D eigenvalue weighted by Crippen LogP contribution is 2.37. The summed E-state index contributed by atoms with van der Waals surface area (Å²) in [4.78, 5) is 0. The molecule has 23 heavy (non-hydrogen) atoms. The molecule has 2 rings (SSSR count). The van der Waals surface area contributed by atoms with Gasteiger partial charge >= 0.3 is 0 Å². The number of fused-ring (bicyclic) bond motifs is 1. The van der Waals surface area contributed by atoms with E-state index in [4.69, 9.17) is 9.47 Å². The third-order valence-corrected chi connectivity index (χ3v) is 4.34. The fraction of sp³-hybridized carbons (Fsp3) is 0.579. The Labute approximate surface area is 140 Å². The quantitative estimate of drug-likeness (QED) is 0.781. The lowest BCUT2D eigenvalue weighted by Gasteiger charge is -2.32. The fourth-order valence-corrected chi connectivity index (χ4v) is 2.98. The van der Waals surface area contributed by atoms with E-state index in [1.807, 2.05) is 6.07 Å². The molecule has 0 aliphatic carbocycles. The highest BCUT2D eigenvalue weighted by Gasteiger charge is 2.23. The second kappa shape index (κ2) is 7.26. The van der Waals surface area contributed by atoms with Gasteiger partial charge in [0.2, 0.25) is 0 Å². The van der Waals surface area contributed by atoms with Gasteiger partial charge in [0.1, 0.15) is 13.2 Å². The molecular formula is C19H30N2O2. The number of hydrazine groups is 1. The third kappa shape index (κ3) is 3.99. The Balaban J connectivity index is 2.16. The predicted octanol–water partition coefficient (Wildman–Crippen LogP) is 3.91. The van der Waals surface area contributed by atoms with Gasteiger partial charge in [0, 0.05) is 22.9 Å². The van der Waals surface area contributed by atoms with Crippen LogP contribution in [0.15, 0.2) is 18.7 Å². The molecule has 1 aromatic carbocycles. The monoisotopic (exact) mass is 318 g/mol. The predicted molar refractivity (Wildman–Crippen MR) is 95.6 cm³/mol. The lowest BCUT2D eigenvalue weighted by Crippen LogP contribution is -2.46. The van der Waals surface area contributed by atoms with Gasteiger partial charge in [-0.25, -0.2) is 5.43 Å². The summed E-state index contributed by atoms with van der Waals surface area (Å²) in [6, 6.07) is 4.39. The summed E-state index contributed by atoms with van der Waals surface area (Å²) in [5.74, 6) is 1.70. The zero-order chi connectivity index (χ0) is 17.0. The van der Waals surface area contributed by atoms with E-state index < -0.39 is 0 Å². The average Bonchev–Trinajstić information content (AvgIpc) is 2.52. The van der Waals surface area contributed by atoms with Crippen molar-refractivity contribution in [3.05, 3.63) is 29.8 Å². The molecule has 128 valence electrons. The van der Waals surface area contributed by atoms with E-state index >= 15 is 0 Å². The Kier molecular flexibility index (Phi) is 5.58. The number of benzene rings is 1. The van der Waals surface area contributed by atoms with Crippen LogP contribution >= 0.6 is 0 Å². The lowest BCUT2D eigenvalue weighted by atomic mass is 9.86. The van der Waals surface area contributed by atoms with Gasteiger partial charge in [0.05, 0.1) is 0 Å². The van der Waals surface area contributed by atoms with Crippen molar-refractivity contribution in [1.82, 2.24) is 10.9 Å². The van der Waals surface area contributed by atoms with E-state index in [1.165, 1.54) is 0 Å². The summed E-state index contributed by atoms with van der Waals surface area (Å²) in [7, 11) is 0. The Bertz CT molecular complexity index is 561. The van der Waals surface area contributed by atoms with Crippen LogP contribution < -0.4 is 20.3 Å². The van der Waals surface area contributed by atoms with Gasteiger partial charge in [0.15, 0.2) is 11.5 Å². The first kappa shape index (κ1) is 17.7. The van der Waals surface area contributed by atoms with Crippen LogP contribution in [0.2, 0.25) is 0 Å². The number of hydrogen-bond acceptors (Lipinski definition) is 4. The first-order valence-corrected chi connectivity index (χ1v) is 8.50. The molecular weight excluding hydrogens is 288 g/mol. The molecule has 0 radical (unpaired) electrons. The molecule has 1 heterocycles. The molecule has 0 saturated carbocycles. The van der Waals surface area contributed by atoms with Crippen molar-refractivity contribution in [3.8, 4) is 11.5 Å². The van der Waals surface area contributed by atoms with Gasteiger partial charge in [-0.3, -0.25) is 0 Å². The summed E-state index contributed by atoms with van der Waals surface area (Å²) in [5.41, 5.74) is 9.98. The van der Waals surface area contributed by atoms with Crippen LogP contribution in [0.4, 0.5) is 0 Å². The molecule has 0 fully saturated rings. The molecule has 1 aromatic rings. The van der Waals surface area contributed by atoms with Crippen molar-refractivity contribution in [2.75, 3.05) is 13.2 Å². The van der Waals surface area contributed by atoms with Gasteiger partial charge in [-0.15, -0.1) is 0 Å². The van der Waals surface area contributed by atoms with Gasteiger partial charge in [-0.05, 0) is 30.4 Å². The maximum absolute atomic E-state index is 5.82. The molecule has 0 amide bonds. The summed E-state index contributed by atoms with van der Waals surface area (Å²) < 4.78 is 11.5. The molecule has 1 aliphatic heterocycles. The average molecular weight is 318 g/mol. The minimum atomic E-state index is 0.183. The molecule has 1 atom stereocenters. The van der Waals surface area contributed by atoms with Crippen molar-refractivity contribution < 1.29 is 9.47 Å². The summed E-state index contributed by atoms with van der Waals surface area (Å²) >= 11 is 0. The van der Waals surface area contributed by atoms with Crippen LogP contribution in [0.3, 0.4) is 0 Å². The summed E-state index contributed by atoms with van der Waals surface area (Å²) in [6.45, 7) is 16.4. The Morgan fingerprint density at radius 1 is 1.22 bits per heavy atom. The Hall–Kier alpha value is -1.68. The van der Waals surface area contributed by atoms with Crippen molar-refractivity contribution in [3.63, 3.8) is 0 Å². The summed E-state index contributed by atoms with van der Waals surface area (Å²) in [6.07, 6.45) is 1.92. The van der Waals surface area contributed by atoms with Gasteiger partial charge in [-0.2, -0.15) is 0 Å². The van der Waals surface area contributed by atoms with Crippen molar-refractivity contribution >= 4 is 5.70 Å². The third-order valence-electron chi connectivity index (χ3n) is 4.34. The van der Waals surface area contributed by atoms with Crippen LogP contribution in [0.1, 0.15) is 52.2 Å². The molecule has 1 aliphatic rings. The van der Waals surface area contributed by atoms with Crippen molar-refractivity contribution in [1.29, 1.82) is 0 Å². The van der Waals surface area contributed by atoms with E-state index in [-0.39, 0.29) is 5.41 Å². The van der Waals surface area contributed by atoms with Crippen LogP contribution in [0.25, 0.3) is 5.70 Å². The molecule has 4 heteroatoms. The summed E-state index contributed by atoms with van der Waals surface area (Å²) in [5, 5.41) is 0. The molecule has 0 aromatic heterocycles. The number of hydrogen-bond donors (Lipinski definition) is 2.